The zero-order chi connectivity index (χ0) is 17.0. The Balaban J connectivity index is 1.98. The average Bonchev–Trinajstić information content (AvgIpc) is 2.45. The molecular formula is C17H28N4O2. The van der Waals surface area contributed by atoms with Crippen molar-refractivity contribution >= 4 is 11.9 Å². The van der Waals surface area contributed by atoms with E-state index in [4.69, 9.17) is 4.74 Å². The molecule has 1 amide bonds. The first-order valence-corrected chi connectivity index (χ1v) is 8.31. The van der Waals surface area contributed by atoms with E-state index in [1.165, 1.54) is 0 Å². The smallest absolute Gasteiger partial charge is 0.407 e. The van der Waals surface area contributed by atoms with Gasteiger partial charge in [-0.1, -0.05) is 13.8 Å². The number of aromatic nitrogens is 2. The molecule has 0 radical (unpaired) electrons. The Morgan fingerprint density at radius 1 is 1.39 bits per heavy atom. The summed E-state index contributed by atoms with van der Waals surface area (Å²) in [4.78, 5) is 22.8. The number of alkyl carbamates (subject to hydrolysis) is 1. The monoisotopic (exact) mass is 320 g/mol. The molecule has 1 aromatic heterocycles. The van der Waals surface area contributed by atoms with E-state index in [1.54, 1.807) is 6.33 Å². The molecule has 1 unspecified atom stereocenters. The topological polar surface area (TPSA) is 67.4 Å². The van der Waals surface area contributed by atoms with Gasteiger partial charge in [0.2, 0.25) is 0 Å². The van der Waals surface area contributed by atoms with Crippen molar-refractivity contribution in [1.82, 2.24) is 15.3 Å². The van der Waals surface area contributed by atoms with Crippen molar-refractivity contribution in [1.29, 1.82) is 0 Å². The summed E-state index contributed by atoms with van der Waals surface area (Å²) in [5.41, 5.74) is 0.564. The third kappa shape index (κ3) is 5.37. The maximum Gasteiger partial charge on any atom is 0.407 e. The minimum absolute atomic E-state index is 0.0797. The number of carbonyl (C=O) groups excluding carboxylic acids is 1. The molecule has 1 N–H and O–H groups in total. The molecule has 1 fully saturated rings. The number of hydrogen-bond donors (Lipinski definition) is 1. The average molecular weight is 320 g/mol. The molecule has 1 aliphatic rings. The molecule has 2 heterocycles. The zero-order valence-corrected chi connectivity index (χ0v) is 14.8. The summed E-state index contributed by atoms with van der Waals surface area (Å²) in [6, 6.07) is 2.12. The number of carbonyl (C=O) groups is 1. The quantitative estimate of drug-likeness (QED) is 0.927. The van der Waals surface area contributed by atoms with Crippen molar-refractivity contribution in [2.45, 2.75) is 65.0 Å². The van der Waals surface area contributed by atoms with Gasteiger partial charge in [-0.25, -0.2) is 14.8 Å². The molecule has 23 heavy (non-hydrogen) atoms. The number of anilines is 1. The van der Waals surface area contributed by atoms with Gasteiger partial charge in [0, 0.05) is 30.9 Å². The standard InChI is InChI=1S/C17H28N4O2/c1-12(2)14-9-15(19-11-18-14)21-8-6-7-13(10-21)20-16(22)23-17(3,4)5/h9,11-13H,6-8,10H2,1-5H3,(H,20,22). The van der Waals surface area contributed by atoms with E-state index in [1.807, 2.05) is 26.8 Å². The Bertz CT molecular complexity index is 540. The Hall–Kier alpha value is -1.85. The SMILES string of the molecule is CC(C)c1cc(N2CCCC(NC(=O)OC(C)(C)C)C2)ncn1. The minimum atomic E-state index is -0.475. The van der Waals surface area contributed by atoms with Crippen LogP contribution in [0.1, 0.15) is 59.1 Å². The summed E-state index contributed by atoms with van der Waals surface area (Å²) in [5.74, 6) is 1.30. The number of piperidine rings is 1. The molecule has 1 aromatic rings. The van der Waals surface area contributed by atoms with E-state index < -0.39 is 5.60 Å². The summed E-state index contributed by atoms with van der Waals surface area (Å²) in [6.45, 7) is 11.5. The predicted molar refractivity (Wildman–Crippen MR) is 90.7 cm³/mol. The van der Waals surface area contributed by atoms with Gasteiger partial charge in [0.1, 0.15) is 17.7 Å². The Labute approximate surface area is 138 Å². The number of amides is 1. The van der Waals surface area contributed by atoms with Gasteiger partial charge in [0.15, 0.2) is 0 Å². The maximum absolute atomic E-state index is 11.9. The molecule has 0 saturated carbocycles. The summed E-state index contributed by atoms with van der Waals surface area (Å²) in [6.07, 6.45) is 3.24. The van der Waals surface area contributed by atoms with E-state index in [2.05, 4.69) is 34.0 Å². The highest BCUT2D eigenvalue weighted by Crippen LogP contribution is 2.21. The van der Waals surface area contributed by atoms with E-state index in [0.29, 0.717) is 5.92 Å². The summed E-state index contributed by atoms with van der Waals surface area (Å²) >= 11 is 0. The first kappa shape index (κ1) is 17.5. The number of nitrogens with one attached hydrogen (secondary N) is 1. The van der Waals surface area contributed by atoms with Crippen molar-refractivity contribution in [2.24, 2.45) is 0 Å². The number of nitrogens with zero attached hydrogens (tertiary/aromatic N) is 3. The molecule has 0 bridgehead atoms. The van der Waals surface area contributed by atoms with Crippen LogP contribution >= 0.6 is 0 Å². The van der Waals surface area contributed by atoms with Crippen LogP contribution in [0.25, 0.3) is 0 Å². The summed E-state index contributed by atoms with van der Waals surface area (Å²) in [7, 11) is 0. The van der Waals surface area contributed by atoms with Gasteiger partial charge in [-0.2, -0.15) is 0 Å². The van der Waals surface area contributed by atoms with Crippen LogP contribution in [0.5, 0.6) is 0 Å². The van der Waals surface area contributed by atoms with E-state index in [9.17, 15) is 4.79 Å². The first-order valence-electron chi connectivity index (χ1n) is 8.31. The Kier molecular flexibility index (Phi) is 5.44. The highest BCUT2D eigenvalue weighted by atomic mass is 16.6. The first-order chi connectivity index (χ1) is 10.7. The second kappa shape index (κ2) is 7.15. The Morgan fingerprint density at radius 3 is 2.78 bits per heavy atom. The fourth-order valence-electron chi connectivity index (χ4n) is 2.63. The third-order valence-electron chi connectivity index (χ3n) is 3.73. The Morgan fingerprint density at radius 2 is 2.13 bits per heavy atom. The van der Waals surface area contributed by atoms with Crippen LogP contribution in [0.3, 0.4) is 0 Å². The lowest BCUT2D eigenvalue weighted by Gasteiger charge is -2.34. The number of rotatable bonds is 3. The second-order valence-corrected chi connectivity index (χ2v) is 7.39. The van der Waals surface area contributed by atoms with Crippen LogP contribution in [0.4, 0.5) is 10.6 Å². The minimum Gasteiger partial charge on any atom is -0.444 e. The van der Waals surface area contributed by atoms with Gasteiger partial charge >= 0.3 is 6.09 Å². The highest BCUT2D eigenvalue weighted by molar-refractivity contribution is 5.68. The van der Waals surface area contributed by atoms with Gasteiger partial charge in [-0.05, 0) is 39.5 Å². The van der Waals surface area contributed by atoms with Gasteiger partial charge in [-0.15, -0.1) is 0 Å². The van der Waals surface area contributed by atoms with Crippen molar-refractivity contribution in [3.8, 4) is 0 Å². The fraction of sp³-hybridized carbons (Fsp3) is 0.706. The van der Waals surface area contributed by atoms with Crippen LogP contribution < -0.4 is 10.2 Å². The summed E-state index contributed by atoms with van der Waals surface area (Å²) in [5, 5.41) is 2.97. The van der Waals surface area contributed by atoms with Crippen molar-refractivity contribution in [3.63, 3.8) is 0 Å². The molecule has 6 nitrogen and oxygen atoms in total. The van der Waals surface area contributed by atoms with Crippen LogP contribution in [-0.2, 0) is 4.74 Å². The van der Waals surface area contributed by atoms with Crippen molar-refractivity contribution in [3.05, 3.63) is 18.1 Å². The molecule has 0 aromatic carbocycles. The van der Waals surface area contributed by atoms with E-state index in [-0.39, 0.29) is 12.1 Å². The van der Waals surface area contributed by atoms with Gasteiger partial charge < -0.3 is 15.0 Å². The van der Waals surface area contributed by atoms with Crippen LogP contribution in [0, 0.1) is 0 Å². The van der Waals surface area contributed by atoms with Crippen molar-refractivity contribution in [2.75, 3.05) is 18.0 Å². The maximum atomic E-state index is 11.9. The lowest BCUT2D eigenvalue weighted by molar-refractivity contribution is 0.0500. The van der Waals surface area contributed by atoms with Crippen molar-refractivity contribution < 1.29 is 9.53 Å². The van der Waals surface area contributed by atoms with Gasteiger partial charge in [0.05, 0.1) is 0 Å². The molecule has 2 rings (SSSR count). The lowest BCUT2D eigenvalue weighted by Crippen LogP contribution is -2.49. The molecular weight excluding hydrogens is 292 g/mol. The number of ether oxygens (including phenoxy) is 1. The number of hydrogen-bond acceptors (Lipinski definition) is 5. The van der Waals surface area contributed by atoms with Gasteiger partial charge in [-0.3, -0.25) is 0 Å². The molecule has 0 spiro atoms. The van der Waals surface area contributed by atoms with Gasteiger partial charge in [0.25, 0.3) is 0 Å². The van der Waals surface area contributed by atoms with Crippen LogP contribution in [-0.4, -0.2) is 40.8 Å². The molecule has 1 atom stereocenters. The molecule has 1 saturated heterocycles. The molecule has 0 aliphatic carbocycles. The normalized spacial score (nSPS) is 18.9. The largest absolute Gasteiger partial charge is 0.444 e. The second-order valence-electron chi connectivity index (χ2n) is 7.39. The summed E-state index contributed by atoms with van der Waals surface area (Å²) < 4.78 is 5.34. The van der Waals surface area contributed by atoms with Crippen LogP contribution in [0.15, 0.2) is 12.4 Å². The van der Waals surface area contributed by atoms with E-state index in [0.717, 1.165) is 37.4 Å². The molecule has 128 valence electrons. The van der Waals surface area contributed by atoms with Crippen LogP contribution in [0.2, 0.25) is 0 Å². The third-order valence-corrected chi connectivity index (χ3v) is 3.73. The van der Waals surface area contributed by atoms with E-state index >= 15 is 0 Å². The fourth-order valence-corrected chi connectivity index (χ4v) is 2.63. The predicted octanol–water partition coefficient (Wildman–Crippen LogP) is 3.09. The highest BCUT2D eigenvalue weighted by Gasteiger charge is 2.25. The molecule has 1 aliphatic heterocycles. The molecule has 6 heteroatoms. The lowest BCUT2D eigenvalue weighted by atomic mass is 10.1. The zero-order valence-electron chi connectivity index (χ0n) is 14.8.